The van der Waals surface area contributed by atoms with Crippen LogP contribution in [0, 0.1) is 27.7 Å². The third-order valence-corrected chi connectivity index (χ3v) is 3.09. The zero-order valence-corrected chi connectivity index (χ0v) is 21.2. The number of aromatic nitrogens is 3. The molecule has 0 unspecified atom stereocenters. The van der Waals surface area contributed by atoms with Crippen molar-refractivity contribution in [2.75, 3.05) is 0 Å². The summed E-state index contributed by atoms with van der Waals surface area (Å²) in [4.78, 5) is 11.6. The summed E-state index contributed by atoms with van der Waals surface area (Å²) in [6.07, 6.45) is 2.37. The van der Waals surface area contributed by atoms with Gasteiger partial charge in [-0.15, -0.1) is 0 Å². The summed E-state index contributed by atoms with van der Waals surface area (Å²) in [6.45, 7) is 19.6. The van der Waals surface area contributed by atoms with Crippen LogP contribution in [0.1, 0.15) is 69.6 Å². The number of pyridine rings is 3. The van der Waals surface area contributed by atoms with Crippen LogP contribution in [0.15, 0.2) is 61.2 Å². The molecule has 0 N–H and O–H groups in total. The molecule has 0 amide bonds. The van der Waals surface area contributed by atoms with Crippen molar-refractivity contribution in [1.82, 2.24) is 15.0 Å². The summed E-state index contributed by atoms with van der Waals surface area (Å²) in [7, 11) is 0. The van der Waals surface area contributed by atoms with Crippen LogP contribution >= 0.6 is 0 Å². The first-order valence-corrected chi connectivity index (χ1v) is 10.9. The first-order valence-electron chi connectivity index (χ1n) is 10.9. The standard InChI is InChI=1S/C7H6F3N.C7H9N.C6H7N.3C2H6/c1-5-4-6(2-3-11-5)7(8,9)10;1-6-3-4-7(2)8-5-6;1-6-3-2-4-7-5-6;3*1-2/h2-4H,1H3;3-5H,1-2H3;2-5H,1H3;3*1-2H3. The third-order valence-electron chi connectivity index (χ3n) is 3.09. The topological polar surface area (TPSA) is 38.7 Å². The van der Waals surface area contributed by atoms with Gasteiger partial charge in [0.15, 0.2) is 0 Å². The number of halogens is 3. The highest BCUT2D eigenvalue weighted by molar-refractivity contribution is 5.18. The highest BCUT2D eigenvalue weighted by Crippen LogP contribution is 2.28. The molecule has 3 rings (SSSR count). The van der Waals surface area contributed by atoms with E-state index in [0.717, 1.165) is 24.0 Å². The maximum Gasteiger partial charge on any atom is 0.416 e. The third kappa shape index (κ3) is 19.2. The maximum absolute atomic E-state index is 11.9. The van der Waals surface area contributed by atoms with Gasteiger partial charge in [-0.25, -0.2) is 0 Å². The predicted octanol–water partition coefficient (Wildman–Crippen LogP) is 8.58. The van der Waals surface area contributed by atoms with Crippen LogP contribution < -0.4 is 0 Å². The zero-order valence-electron chi connectivity index (χ0n) is 21.2. The first kappa shape index (κ1) is 33.9. The smallest absolute Gasteiger partial charge is 0.264 e. The van der Waals surface area contributed by atoms with E-state index in [9.17, 15) is 13.2 Å². The number of aryl methyl sites for hydroxylation is 4. The van der Waals surface area contributed by atoms with Crippen LogP contribution in [0.5, 0.6) is 0 Å². The van der Waals surface area contributed by atoms with Gasteiger partial charge in [0.1, 0.15) is 0 Å². The van der Waals surface area contributed by atoms with Crippen LogP contribution in [0.2, 0.25) is 0 Å². The molecule has 6 heteroatoms. The van der Waals surface area contributed by atoms with Crippen molar-refractivity contribution in [3.63, 3.8) is 0 Å². The second-order valence-electron chi connectivity index (χ2n) is 5.69. The fourth-order valence-corrected chi connectivity index (χ4v) is 1.71. The molecule has 0 bridgehead atoms. The van der Waals surface area contributed by atoms with Gasteiger partial charge in [-0.2, -0.15) is 13.2 Å². The largest absolute Gasteiger partial charge is 0.416 e. The van der Waals surface area contributed by atoms with E-state index in [2.05, 4.69) is 21.0 Å². The molecule has 0 aliphatic rings. The molecule has 32 heavy (non-hydrogen) atoms. The van der Waals surface area contributed by atoms with Crippen molar-refractivity contribution in [2.24, 2.45) is 0 Å². The molecule has 3 aromatic rings. The second-order valence-corrected chi connectivity index (χ2v) is 5.69. The second kappa shape index (κ2) is 21.5. The molecular weight excluding hydrogens is 411 g/mol. The summed E-state index contributed by atoms with van der Waals surface area (Å²) in [5, 5.41) is 0. The Hall–Kier alpha value is -2.76. The molecule has 0 aliphatic heterocycles. The van der Waals surface area contributed by atoms with Crippen LogP contribution in [-0.4, -0.2) is 15.0 Å². The van der Waals surface area contributed by atoms with E-state index >= 15 is 0 Å². The highest BCUT2D eigenvalue weighted by Gasteiger charge is 2.30. The van der Waals surface area contributed by atoms with E-state index < -0.39 is 11.7 Å². The van der Waals surface area contributed by atoms with Gasteiger partial charge in [0, 0.05) is 36.2 Å². The van der Waals surface area contributed by atoms with E-state index in [-0.39, 0.29) is 0 Å². The summed E-state index contributed by atoms with van der Waals surface area (Å²) in [5.74, 6) is 0. The Morgan fingerprint density at radius 2 is 1.19 bits per heavy atom. The molecular formula is C26H40F3N3. The highest BCUT2D eigenvalue weighted by atomic mass is 19.4. The molecule has 0 saturated heterocycles. The summed E-state index contributed by atoms with van der Waals surface area (Å²) >= 11 is 0. The lowest BCUT2D eigenvalue weighted by Gasteiger charge is -2.05. The van der Waals surface area contributed by atoms with Crippen LogP contribution in [0.25, 0.3) is 0 Å². The van der Waals surface area contributed by atoms with Crippen molar-refractivity contribution in [3.05, 3.63) is 89.3 Å². The minimum atomic E-state index is -4.26. The van der Waals surface area contributed by atoms with Crippen molar-refractivity contribution >= 4 is 0 Å². The van der Waals surface area contributed by atoms with Crippen LogP contribution in [-0.2, 0) is 6.18 Å². The monoisotopic (exact) mass is 451 g/mol. The van der Waals surface area contributed by atoms with Gasteiger partial charge in [0.05, 0.1) is 5.56 Å². The van der Waals surface area contributed by atoms with Gasteiger partial charge in [-0.05, 0) is 63.1 Å². The summed E-state index contributed by atoms with van der Waals surface area (Å²) < 4.78 is 35.8. The fourth-order valence-electron chi connectivity index (χ4n) is 1.71. The van der Waals surface area contributed by atoms with E-state index in [1.807, 2.05) is 92.9 Å². The molecule has 0 atom stereocenters. The minimum Gasteiger partial charge on any atom is -0.264 e. The molecule has 0 aliphatic carbocycles. The molecule has 0 aromatic carbocycles. The van der Waals surface area contributed by atoms with E-state index in [0.29, 0.717) is 5.69 Å². The Morgan fingerprint density at radius 3 is 1.47 bits per heavy atom. The maximum atomic E-state index is 11.9. The number of hydrogen-bond donors (Lipinski definition) is 0. The molecule has 0 spiro atoms. The van der Waals surface area contributed by atoms with Crippen LogP contribution in [0.3, 0.4) is 0 Å². The van der Waals surface area contributed by atoms with Gasteiger partial charge in [0.25, 0.3) is 0 Å². The lowest BCUT2D eigenvalue weighted by atomic mass is 10.2. The van der Waals surface area contributed by atoms with Crippen molar-refractivity contribution in [2.45, 2.75) is 75.4 Å². The molecule has 180 valence electrons. The van der Waals surface area contributed by atoms with Gasteiger partial charge in [0.2, 0.25) is 0 Å². The number of hydrogen-bond acceptors (Lipinski definition) is 3. The predicted molar refractivity (Wildman–Crippen MR) is 131 cm³/mol. The number of rotatable bonds is 0. The number of alkyl halides is 3. The van der Waals surface area contributed by atoms with E-state index in [1.165, 1.54) is 18.1 Å². The zero-order chi connectivity index (χ0) is 25.6. The molecule has 0 saturated carbocycles. The lowest BCUT2D eigenvalue weighted by molar-refractivity contribution is -0.137. The Morgan fingerprint density at radius 1 is 0.625 bits per heavy atom. The molecule has 3 nitrogen and oxygen atoms in total. The van der Waals surface area contributed by atoms with Crippen molar-refractivity contribution in [3.8, 4) is 0 Å². The first-order chi connectivity index (χ1) is 15.2. The number of nitrogens with zero attached hydrogens (tertiary/aromatic N) is 3. The van der Waals surface area contributed by atoms with Gasteiger partial charge in [-0.1, -0.05) is 53.7 Å². The Bertz CT molecular complexity index is 751. The Balaban J connectivity index is -0.000000359. The SMILES string of the molecule is CC.CC.CC.Cc1cc(C(F)(F)F)ccn1.Cc1ccc(C)nc1.Cc1cccnc1. The van der Waals surface area contributed by atoms with Crippen molar-refractivity contribution < 1.29 is 13.2 Å². The summed E-state index contributed by atoms with van der Waals surface area (Å²) in [5.41, 5.74) is 3.23. The van der Waals surface area contributed by atoms with Crippen molar-refractivity contribution in [1.29, 1.82) is 0 Å². The summed E-state index contributed by atoms with van der Waals surface area (Å²) in [6, 6.07) is 9.98. The average Bonchev–Trinajstić information content (AvgIpc) is 2.81. The fraction of sp³-hybridized carbons (Fsp3) is 0.423. The van der Waals surface area contributed by atoms with Gasteiger partial charge < -0.3 is 0 Å². The normalized spacial score (nSPS) is 8.78. The minimum absolute atomic E-state index is 0.375. The Kier molecular flexibility index (Phi) is 22.7. The van der Waals surface area contributed by atoms with Crippen LogP contribution in [0.4, 0.5) is 13.2 Å². The van der Waals surface area contributed by atoms with E-state index in [4.69, 9.17) is 0 Å². The molecule has 3 heterocycles. The Labute approximate surface area is 193 Å². The molecule has 0 fully saturated rings. The average molecular weight is 452 g/mol. The van der Waals surface area contributed by atoms with E-state index in [1.54, 1.807) is 6.20 Å². The quantitative estimate of drug-likeness (QED) is 0.343. The lowest BCUT2D eigenvalue weighted by Crippen LogP contribution is -2.05. The molecule has 0 radical (unpaired) electrons. The molecule has 3 aromatic heterocycles. The van der Waals surface area contributed by atoms with Gasteiger partial charge in [-0.3, -0.25) is 15.0 Å². The van der Waals surface area contributed by atoms with Gasteiger partial charge >= 0.3 is 6.18 Å².